The van der Waals surface area contributed by atoms with Crippen molar-refractivity contribution >= 4 is 13.9 Å². The van der Waals surface area contributed by atoms with Crippen LogP contribution in [0.15, 0.2) is 0 Å². The standard InChI is InChI=1S/C10H16O2Si/c1-13(2,3)7-6-10(12)5-4-9(11)8-10/h12H,4-5,8H2,1-3H3/t10-/m1/s1. The van der Waals surface area contributed by atoms with Crippen LogP contribution in [0.4, 0.5) is 0 Å². The van der Waals surface area contributed by atoms with Crippen LogP contribution in [-0.2, 0) is 4.79 Å². The predicted molar refractivity (Wildman–Crippen MR) is 54.9 cm³/mol. The second-order valence-electron chi connectivity index (χ2n) is 4.75. The van der Waals surface area contributed by atoms with Gasteiger partial charge in [0.1, 0.15) is 19.5 Å². The first-order valence-corrected chi connectivity index (χ1v) is 8.09. The number of carbonyl (C=O) groups is 1. The van der Waals surface area contributed by atoms with E-state index in [2.05, 4.69) is 31.1 Å². The van der Waals surface area contributed by atoms with Crippen LogP contribution in [0.3, 0.4) is 0 Å². The first kappa shape index (κ1) is 10.5. The van der Waals surface area contributed by atoms with Crippen molar-refractivity contribution < 1.29 is 9.90 Å². The number of Topliss-reactive ketones (excluding diaryl/α,β-unsaturated/α-hetero) is 1. The zero-order valence-electron chi connectivity index (χ0n) is 8.48. The molecule has 0 heterocycles. The van der Waals surface area contributed by atoms with E-state index in [0.717, 1.165) is 0 Å². The summed E-state index contributed by atoms with van der Waals surface area (Å²) in [7, 11) is -1.43. The van der Waals surface area contributed by atoms with Crippen LogP contribution in [0.5, 0.6) is 0 Å². The molecule has 72 valence electrons. The minimum atomic E-state index is -1.43. The molecule has 1 aliphatic rings. The van der Waals surface area contributed by atoms with Crippen LogP contribution < -0.4 is 0 Å². The molecule has 0 aliphatic heterocycles. The Morgan fingerprint density at radius 3 is 2.46 bits per heavy atom. The summed E-state index contributed by atoms with van der Waals surface area (Å²) in [5.74, 6) is 3.01. The molecular weight excluding hydrogens is 180 g/mol. The molecule has 0 unspecified atom stereocenters. The fourth-order valence-electron chi connectivity index (χ4n) is 1.26. The van der Waals surface area contributed by atoms with Crippen molar-refractivity contribution in [2.24, 2.45) is 0 Å². The van der Waals surface area contributed by atoms with Crippen molar-refractivity contribution in [1.29, 1.82) is 0 Å². The topological polar surface area (TPSA) is 37.3 Å². The van der Waals surface area contributed by atoms with Crippen molar-refractivity contribution in [3.63, 3.8) is 0 Å². The molecule has 0 aromatic rings. The number of hydrogen-bond acceptors (Lipinski definition) is 2. The molecule has 1 N–H and O–H groups in total. The van der Waals surface area contributed by atoms with E-state index in [0.29, 0.717) is 12.8 Å². The first-order chi connectivity index (χ1) is 5.81. The summed E-state index contributed by atoms with van der Waals surface area (Å²) in [4.78, 5) is 11.0. The molecular formula is C10H16O2Si. The van der Waals surface area contributed by atoms with Gasteiger partial charge in [0.25, 0.3) is 0 Å². The van der Waals surface area contributed by atoms with Crippen LogP contribution in [0.2, 0.25) is 19.6 Å². The van der Waals surface area contributed by atoms with E-state index in [1.165, 1.54) is 0 Å². The molecule has 1 rings (SSSR count). The van der Waals surface area contributed by atoms with E-state index in [1.807, 2.05) is 0 Å². The van der Waals surface area contributed by atoms with Crippen molar-refractivity contribution in [2.75, 3.05) is 0 Å². The quantitative estimate of drug-likeness (QED) is 0.469. The molecule has 0 spiro atoms. The Kier molecular flexibility index (Phi) is 2.65. The van der Waals surface area contributed by atoms with Gasteiger partial charge in [-0.3, -0.25) is 4.79 Å². The Balaban J connectivity index is 2.72. The molecule has 0 radical (unpaired) electrons. The van der Waals surface area contributed by atoms with E-state index >= 15 is 0 Å². The van der Waals surface area contributed by atoms with E-state index in [9.17, 15) is 9.90 Å². The van der Waals surface area contributed by atoms with Gasteiger partial charge in [0.2, 0.25) is 0 Å². The Morgan fingerprint density at radius 1 is 1.46 bits per heavy atom. The highest BCUT2D eigenvalue weighted by Crippen LogP contribution is 2.26. The monoisotopic (exact) mass is 196 g/mol. The maximum Gasteiger partial charge on any atom is 0.136 e. The number of ketones is 1. The van der Waals surface area contributed by atoms with Gasteiger partial charge in [-0.2, -0.15) is 0 Å². The van der Waals surface area contributed by atoms with Crippen LogP contribution in [0.1, 0.15) is 19.3 Å². The van der Waals surface area contributed by atoms with Gasteiger partial charge in [-0.05, 0) is 6.42 Å². The van der Waals surface area contributed by atoms with Crippen molar-refractivity contribution in [3.8, 4) is 11.5 Å². The Bertz CT molecular complexity index is 280. The third-order valence-corrected chi connectivity index (χ3v) is 2.85. The highest BCUT2D eigenvalue weighted by Gasteiger charge is 2.34. The molecule has 1 aliphatic carbocycles. The van der Waals surface area contributed by atoms with Crippen LogP contribution in [0, 0.1) is 11.5 Å². The Labute approximate surface area is 80.4 Å². The minimum absolute atomic E-state index is 0.132. The number of hydrogen-bond donors (Lipinski definition) is 1. The fraction of sp³-hybridized carbons (Fsp3) is 0.700. The second kappa shape index (κ2) is 3.28. The summed E-state index contributed by atoms with van der Waals surface area (Å²) in [6, 6.07) is 0. The van der Waals surface area contributed by atoms with E-state index in [-0.39, 0.29) is 12.2 Å². The third-order valence-electron chi connectivity index (χ3n) is 1.98. The molecule has 0 aromatic carbocycles. The number of carbonyl (C=O) groups excluding carboxylic acids is 1. The maximum atomic E-state index is 11.0. The molecule has 13 heavy (non-hydrogen) atoms. The van der Waals surface area contributed by atoms with Crippen LogP contribution in [0.25, 0.3) is 0 Å². The summed E-state index contributed by atoms with van der Waals surface area (Å²) in [5.41, 5.74) is 2.11. The van der Waals surface area contributed by atoms with Gasteiger partial charge in [-0.15, -0.1) is 5.54 Å². The molecule has 1 saturated carbocycles. The lowest BCUT2D eigenvalue weighted by Crippen LogP contribution is -2.25. The summed E-state index contributed by atoms with van der Waals surface area (Å²) in [6.45, 7) is 6.38. The summed E-state index contributed by atoms with van der Waals surface area (Å²) >= 11 is 0. The molecule has 0 saturated heterocycles. The van der Waals surface area contributed by atoms with Gasteiger partial charge in [0, 0.05) is 12.8 Å². The van der Waals surface area contributed by atoms with Crippen LogP contribution >= 0.6 is 0 Å². The van der Waals surface area contributed by atoms with Gasteiger partial charge >= 0.3 is 0 Å². The molecule has 0 amide bonds. The smallest absolute Gasteiger partial charge is 0.136 e. The van der Waals surface area contributed by atoms with Crippen molar-refractivity contribution in [2.45, 2.75) is 44.5 Å². The first-order valence-electron chi connectivity index (χ1n) is 4.59. The zero-order valence-corrected chi connectivity index (χ0v) is 9.48. The molecule has 1 fully saturated rings. The lowest BCUT2D eigenvalue weighted by Gasteiger charge is -2.14. The van der Waals surface area contributed by atoms with Crippen molar-refractivity contribution in [3.05, 3.63) is 0 Å². The Morgan fingerprint density at radius 2 is 2.08 bits per heavy atom. The summed E-state index contributed by atoms with van der Waals surface area (Å²) in [6.07, 6.45) is 1.23. The average Bonchev–Trinajstić information content (AvgIpc) is 2.27. The lowest BCUT2D eigenvalue weighted by atomic mass is 10.0. The van der Waals surface area contributed by atoms with Crippen LogP contribution in [-0.4, -0.2) is 24.6 Å². The van der Waals surface area contributed by atoms with Gasteiger partial charge in [-0.25, -0.2) is 0 Å². The highest BCUT2D eigenvalue weighted by atomic mass is 28.3. The Hall–Kier alpha value is -0.593. The molecule has 1 atom stereocenters. The van der Waals surface area contributed by atoms with Gasteiger partial charge in [-0.1, -0.05) is 25.6 Å². The maximum absolute atomic E-state index is 11.0. The van der Waals surface area contributed by atoms with E-state index < -0.39 is 13.7 Å². The molecule has 3 heteroatoms. The highest BCUT2D eigenvalue weighted by molar-refractivity contribution is 6.83. The number of rotatable bonds is 0. The van der Waals surface area contributed by atoms with E-state index in [1.54, 1.807) is 0 Å². The van der Waals surface area contributed by atoms with Gasteiger partial charge in [0.05, 0.1) is 0 Å². The van der Waals surface area contributed by atoms with Gasteiger partial charge < -0.3 is 5.11 Å². The average molecular weight is 196 g/mol. The minimum Gasteiger partial charge on any atom is -0.377 e. The van der Waals surface area contributed by atoms with Gasteiger partial charge in [0.15, 0.2) is 0 Å². The lowest BCUT2D eigenvalue weighted by molar-refractivity contribution is -0.118. The van der Waals surface area contributed by atoms with Crippen molar-refractivity contribution in [1.82, 2.24) is 0 Å². The SMILES string of the molecule is C[Si](C)(C)C#C[C@]1(O)CCC(=O)C1. The normalized spacial score (nSPS) is 28.5. The summed E-state index contributed by atoms with van der Waals surface area (Å²) in [5, 5.41) is 9.85. The second-order valence-corrected chi connectivity index (χ2v) is 9.50. The molecule has 0 aromatic heterocycles. The zero-order chi connectivity index (χ0) is 10.1. The molecule has 0 bridgehead atoms. The third kappa shape index (κ3) is 3.33. The summed E-state index contributed by atoms with van der Waals surface area (Å²) < 4.78 is 0. The molecule has 2 nitrogen and oxygen atoms in total. The predicted octanol–water partition coefficient (Wildman–Crippen LogP) is 1.35. The fourth-order valence-corrected chi connectivity index (χ4v) is 1.87. The number of aliphatic hydroxyl groups is 1. The largest absolute Gasteiger partial charge is 0.377 e. The van der Waals surface area contributed by atoms with E-state index in [4.69, 9.17) is 0 Å².